The molecule has 0 saturated carbocycles. The smallest absolute Gasteiger partial charge is 0.335 e. The Hall–Kier alpha value is -2.12. The first kappa shape index (κ1) is 15.8. The van der Waals surface area contributed by atoms with Gasteiger partial charge in [-0.3, -0.25) is 4.31 Å². The van der Waals surface area contributed by atoms with Crippen molar-refractivity contribution in [2.45, 2.75) is 11.3 Å². The number of fused-ring (bicyclic) bond motifs is 1. The minimum atomic E-state index is -3.89. The summed E-state index contributed by atoms with van der Waals surface area (Å²) in [7, 11) is -3.89. The van der Waals surface area contributed by atoms with E-state index < -0.39 is 21.8 Å². The molecule has 0 aliphatic carbocycles. The van der Waals surface area contributed by atoms with Crippen LogP contribution in [0.2, 0.25) is 5.02 Å². The van der Waals surface area contributed by atoms with Gasteiger partial charge < -0.3 is 5.11 Å². The Bertz CT molecular complexity index is 914. The highest BCUT2D eigenvalue weighted by Crippen LogP contribution is 2.34. The predicted molar refractivity (Wildman–Crippen MR) is 83.0 cm³/mol. The summed E-state index contributed by atoms with van der Waals surface area (Å²) in [4.78, 5) is 10.9. The van der Waals surface area contributed by atoms with Crippen LogP contribution in [0.25, 0.3) is 0 Å². The number of anilines is 1. The molecule has 5 nitrogen and oxygen atoms in total. The maximum atomic E-state index is 13.2. The van der Waals surface area contributed by atoms with E-state index in [4.69, 9.17) is 16.7 Å². The fourth-order valence-corrected chi connectivity index (χ4v) is 4.29. The number of rotatable bonds is 3. The molecule has 3 rings (SSSR count). The summed E-state index contributed by atoms with van der Waals surface area (Å²) >= 11 is 5.66. The third kappa shape index (κ3) is 2.66. The van der Waals surface area contributed by atoms with Crippen molar-refractivity contribution in [1.29, 1.82) is 0 Å². The van der Waals surface area contributed by atoms with Gasteiger partial charge in [0.2, 0.25) is 0 Å². The highest BCUT2D eigenvalue weighted by Gasteiger charge is 2.31. The van der Waals surface area contributed by atoms with Crippen LogP contribution >= 0.6 is 11.6 Å². The number of aromatic carboxylic acids is 1. The van der Waals surface area contributed by atoms with Gasteiger partial charge >= 0.3 is 5.97 Å². The molecular formula is C15H11ClFNO4S. The maximum absolute atomic E-state index is 13.2. The Morgan fingerprint density at radius 3 is 2.61 bits per heavy atom. The second-order valence-electron chi connectivity index (χ2n) is 5.05. The van der Waals surface area contributed by atoms with Crippen molar-refractivity contribution in [2.75, 3.05) is 10.8 Å². The molecule has 0 aromatic heterocycles. The zero-order chi connectivity index (χ0) is 16.8. The topological polar surface area (TPSA) is 74.7 Å². The molecule has 0 atom stereocenters. The lowest BCUT2D eigenvalue weighted by Crippen LogP contribution is -2.29. The lowest BCUT2D eigenvalue weighted by Gasteiger charge is -2.19. The van der Waals surface area contributed by atoms with E-state index in [1.54, 1.807) is 0 Å². The van der Waals surface area contributed by atoms with Gasteiger partial charge in [-0.15, -0.1) is 0 Å². The number of halogens is 2. The summed E-state index contributed by atoms with van der Waals surface area (Å²) in [6.45, 7) is 0.190. The molecule has 23 heavy (non-hydrogen) atoms. The van der Waals surface area contributed by atoms with E-state index in [1.807, 2.05) is 0 Å². The van der Waals surface area contributed by atoms with E-state index in [0.717, 1.165) is 18.2 Å². The van der Waals surface area contributed by atoms with Gasteiger partial charge in [0.25, 0.3) is 10.0 Å². The van der Waals surface area contributed by atoms with Gasteiger partial charge in [0, 0.05) is 6.54 Å². The first-order chi connectivity index (χ1) is 10.8. The maximum Gasteiger partial charge on any atom is 0.335 e. The van der Waals surface area contributed by atoms with Crippen LogP contribution in [0.5, 0.6) is 0 Å². The van der Waals surface area contributed by atoms with Crippen molar-refractivity contribution in [1.82, 2.24) is 0 Å². The molecule has 8 heteroatoms. The van der Waals surface area contributed by atoms with E-state index in [9.17, 15) is 17.6 Å². The van der Waals surface area contributed by atoms with E-state index >= 15 is 0 Å². The third-order valence-corrected chi connectivity index (χ3v) is 5.76. The van der Waals surface area contributed by atoms with Crippen LogP contribution in [0, 0.1) is 5.82 Å². The minimum absolute atomic E-state index is 0.104. The molecule has 2 aromatic rings. The molecule has 0 unspecified atom stereocenters. The first-order valence-electron chi connectivity index (χ1n) is 6.65. The van der Waals surface area contributed by atoms with Gasteiger partial charge in [0.15, 0.2) is 0 Å². The SMILES string of the molecule is O=C(O)c1ccc2c(c1)CCN2S(=O)(=O)c1ccc(F)c(Cl)c1. The Labute approximate surface area is 137 Å². The Morgan fingerprint density at radius 1 is 1.22 bits per heavy atom. The van der Waals surface area contributed by atoms with Crippen LogP contribution in [-0.4, -0.2) is 26.0 Å². The van der Waals surface area contributed by atoms with Crippen LogP contribution in [0.3, 0.4) is 0 Å². The minimum Gasteiger partial charge on any atom is -0.478 e. The molecule has 1 aliphatic rings. The number of carboxylic acid groups (broad SMARTS) is 1. The number of hydrogen-bond acceptors (Lipinski definition) is 3. The largest absolute Gasteiger partial charge is 0.478 e. The molecule has 0 amide bonds. The summed E-state index contributed by atoms with van der Waals surface area (Å²) in [6.07, 6.45) is 0.407. The molecule has 1 aliphatic heterocycles. The molecule has 1 heterocycles. The number of hydrogen-bond donors (Lipinski definition) is 1. The number of sulfonamides is 1. The van der Waals surface area contributed by atoms with Gasteiger partial charge in [-0.2, -0.15) is 0 Å². The Morgan fingerprint density at radius 2 is 1.96 bits per heavy atom. The average molecular weight is 356 g/mol. The van der Waals surface area contributed by atoms with E-state index in [-0.39, 0.29) is 22.0 Å². The normalized spacial score (nSPS) is 13.9. The van der Waals surface area contributed by atoms with Crippen molar-refractivity contribution in [3.63, 3.8) is 0 Å². The van der Waals surface area contributed by atoms with Crippen molar-refractivity contribution in [2.24, 2.45) is 0 Å². The second-order valence-corrected chi connectivity index (χ2v) is 7.32. The van der Waals surface area contributed by atoms with Gasteiger partial charge in [0.1, 0.15) is 5.82 Å². The number of carbonyl (C=O) groups is 1. The summed E-state index contributed by atoms with van der Waals surface area (Å²) in [5.41, 5.74) is 1.17. The van der Waals surface area contributed by atoms with Gasteiger partial charge in [-0.1, -0.05) is 11.6 Å². The van der Waals surface area contributed by atoms with E-state index in [0.29, 0.717) is 17.7 Å². The van der Waals surface area contributed by atoms with Crippen LogP contribution in [0.1, 0.15) is 15.9 Å². The zero-order valence-corrected chi connectivity index (χ0v) is 13.2. The lowest BCUT2D eigenvalue weighted by atomic mass is 10.1. The Balaban J connectivity index is 2.04. The van der Waals surface area contributed by atoms with E-state index in [1.165, 1.54) is 22.5 Å². The first-order valence-corrected chi connectivity index (χ1v) is 8.46. The van der Waals surface area contributed by atoms with Crippen LogP contribution in [0.15, 0.2) is 41.3 Å². The molecule has 1 N–H and O–H groups in total. The summed E-state index contributed by atoms with van der Waals surface area (Å²) in [5, 5.41) is 8.72. The summed E-state index contributed by atoms with van der Waals surface area (Å²) in [6, 6.07) is 7.50. The molecule has 120 valence electrons. The highest BCUT2D eigenvalue weighted by atomic mass is 35.5. The quantitative estimate of drug-likeness (QED) is 0.918. The number of nitrogens with zero attached hydrogens (tertiary/aromatic N) is 1. The Kier molecular flexibility index (Phi) is 3.77. The molecule has 0 bridgehead atoms. The molecular weight excluding hydrogens is 345 g/mol. The van der Waals surface area contributed by atoms with Gasteiger partial charge in [0.05, 0.1) is 21.2 Å². The van der Waals surface area contributed by atoms with Crippen molar-refractivity contribution in [3.8, 4) is 0 Å². The van der Waals surface area contributed by atoms with Gasteiger partial charge in [-0.05, 0) is 48.4 Å². The summed E-state index contributed by atoms with van der Waals surface area (Å²) < 4.78 is 39.8. The molecule has 0 saturated heterocycles. The average Bonchev–Trinajstić information content (AvgIpc) is 2.93. The van der Waals surface area contributed by atoms with Crippen LogP contribution in [0.4, 0.5) is 10.1 Å². The van der Waals surface area contributed by atoms with Crippen LogP contribution in [-0.2, 0) is 16.4 Å². The highest BCUT2D eigenvalue weighted by molar-refractivity contribution is 7.92. The number of benzene rings is 2. The van der Waals surface area contributed by atoms with E-state index in [2.05, 4.69) is 0 Å². The monoisotopic (exact) mass is 355 g/mol. The van der Waals surface area contributed by atoms with Crippen molar-refractivity contribution in [3.05, 3.63) is 58.4 Å². The molecule has 0 spiro atoms. The van der Waals surface area contributed by atoms with Gasteiger partial charge in [-0.25, -0.2) is 17.6 Å². The van der Waals surface area contributed by atoms with Crippen molar-refractivity contribution < 1.29 is 22.7 Å². The second kappa shape index (κ2) is 5.50. The third-order valence-electron chi connectivity index (χ3n) is 3.66. The fourth-order valence-electron chi connectivity index (χ4n) is 2.52. The standard InChI is InChI=1S/C15H11ClFNO4S/c16-12-8-11(2-3-13(12)17)23(21,22)18-6-5-9-7-10(15(19)20)1-4-14(9)18/h1-4,7-8H,5-6H2,(H,19,20). The molecule has 2 aromatic carbocycles. The lowest BCUT2D eigenvalue weighted by molar-refractivity contribution is 0.0697. The predicted octanol–water partition coefficient (Wildman–Crippen LogP) is 2.93. The van der Waals surface area contributed by atoms with Crippen molar-refractivity contribution >= 4 is 33.3 Å². The van der Waals surface area contributed by atoms with Crippen LogP contribution < -0.4 is 4.31 Å². The molecule has 0 fully saturated rings. The molecule has 0 radical (unpaired) electrons. The summed E-state index contributed by atoms with van der Waals surface area (Å²) in [5.74, 6) is -1.77. The zero-order valence-electron chi connectivity index (χ0n) is 11.7. The number of carboxylic acids is 1. The fraction of sp³-hybridized carbons (Fsp3) is 0.133.